The van der Waals surface area contributed by atoms with Crippen LogP contribution in [-0.2, 0) is 4.79 Å². The van der Waals surface area contributed by atoms with Crippen molar-refractivity contribution in [1.82, 2.24) is 0 Å². The molecule has 0 saturated heterocycles. The number of halogens is 1. The van der Waals surface area contributed by atoms with E-state index in [4.69, 9.17) is 0 Å². The average Bonchev–Trinajstić information content (AvgIpc) is 2.69. The van der Waals surface area contributed by atoms with Gasteiger partial charge in [-0.25, -0.2) is 4.39 Å². The van der Waals surface area contributed by atoms with Crippen LogP contribution >= 0.6 is 0 Å². The smallest absolute Gasteiger partial charge is 0.282 e. The number of amides is 1. The summed E-state index contributed by atoms with van der Waals surface area (Å²) < 4.78 is 13.8. The first kappa shape index (κ1) is 17.8. The van der Waals surface area contributed by atoms with E-state index in [1.54, 1.807) is 18.2 Å². The summed E-state index contributed by atoms with van der Waals surface area (Å²) in [6.07, 6.45) is 0. The summed E-state index contributed by atoms with van der Waals surface area (Å²) >= 11 is 0. The van der Waals surface area contributed by atoms with Crippen LogP contribution in [-0.4, -0.2) is 11.9 Å². The largest absolute Gasteiger partial charge is 0.326 e. The lowest BCUT2D eigenvalue weighted by molar-refractivity contribution is -0.704. The van der Waals surface area contributed by atoms with Gasteiger partial charge in [0, 0.05) is 11.1 Å². The Morgan fingerprint density at radius 2 is 1.35 bits per heavy atom. The highest BCUT2D eigenvalue weighted by atomic mass is 19.1. The van der Waals surface area contributed by atoms with Gasteiger partial charge in [0.25, 0.3) is 5.91 Å². The van der Waals surface area contributed by atoms with Gasteiger partial charge in [0.15, 0.2) is 6.04 Å². The van der Waals surface area contributed by atoms with E-state index in [2.05, 4.69) is 29.6 Å². The van der Waals surface area contributed by atoms with E-state index in [0.29, 0.717) is 0 Å². The molecule has 0 bridgehead atoms. The van der Waals surface area contributed by atoms with Crippen LogP contribution in [0.4, 0.5) is 10.1 Å². The highest BCUT2D eigenvalue weighted by molar-refractivity contribution is 5.93. The Morgan fingerprint density at radius 1 is 0.846 bits per heavy atom. The van der Waals surface area contributed by atoms with Crippen molar-refractivity contribution >= 4 is 11.6 Å². The molecule has 3 aromatic rings. The zero-order chi connectivity index (χ0) is 18.4. The topological polar surface area (TPSA) is 45.7 Å². The number of nitrogens with two attached hydrogens (primary N) is 1. The molecular formula is C22H22FN2O+. The van der Waals surface area contributed by atoms with Crippen LogP contribution in [0.15, 0.2) is 84.9 Å². The number of nitrogens with one attached hydrogen (secondary N) is 1. The Hall–Kier alpha value is -2.98. The molecule has 0 aromatic heterocycles. The lowest BCUT2D eigenvalue weighted by Crippen LogP contribution is -2.92. The van der Waals surface area contributed by atoms with Crippen LogP contribution < -0.4 is 10.6 Å². The van der Waals surface area contributed by atoms with Gasteiger partial charge >= 0.3 is 0 Å². The number of hydrogen-bond acceptors (Lipinski definition) is 1. The number of carbonyl (C=O) groups is 1. The average molecular weight is 349 g/mol. The van der Waals surface area contributed by atoms with E-state index < -0.39 is 5.82 Å². The van der Waals surface area contributed by atoms with E-state index in [1.165, 1.54) is 6.07 Å². The molecule has 0 unspecified atom stereocenters. The molecule has 0 spiro atoms. The lowest BCUT2D eigenvalue weighted by Gasteiger charge is -2.20. The second kappa shape index (κ2) is 8.41. The summed E-state index contributed by atoms with van der Waals surface area (Å²) in [6.45, 7) is 1.83. The fraction of sp³-hybridized carbons (Fsp3) is 0.136. The molecule has 4 heteroatoms. The molecule has 0 aliphatic carbocycles. The van der Waals surface area contributed by atoms with Gasteiger partial charge in [-0.1, -0.05) is 72.8 Å². The SMILES string of the molecule is C[C@@H]([NH2+]C(c1ccccc1)c1ccccc1)C(=O)Nc1ccccc1F. The number of carbonyl (C=O) groups excluding carboxylic acids is 1. The summed E-state index contributed by atoms with van der Waals surface area (Å²) in [6, 6.07) is 25.9. The Kier molecular flexibility index (Phi) is 5.77. The molecule has 1 amide bonds. The van der Waals surface area contributed by atoms with Crippen molar-refractivity contribution in [1.29, 1.82) is 0 Å². The van der Waals surface area contributed by atoms with E-state index in [-0.39, 0.29) is 23.7 Å². The van der Waals surface area contributed by atoms with Gasteiger partial charge in [0.2, 0.25) is 0 Å². The third kappa shape index (κ3) is 4.35. The summed E-state index contributed by atoms with van der Waals surface area (Å²) in [5.41, 5.74) is 2.43. The second-order valence-electron chi connectivity index (χ2n) is 6.25. The minimum atomic E-state index is -0.435. The zero-order valence-electron chi connectivity index (χ0n) is 14.6. The molecule has 0 aliphatic heterocycles. The van der Waals surface area contributed by atoms with Crippen LogP contribution in [0, 0.1) is 5.82 Å². The van der Waals surface area contributed by atoms with Crippen LogP contribution in [0.5, 0.6) is 0 Å². The number of hydrogen-bond donors (Lipinski definition) is 2. The first-order valence-corrected chi connectivity index (χ1v) is 8.65. The van der Waals surface area contributed by atoms with Crippen LogP contribution in [0.1, 0.15) is 24.1 Å². The summed E-state index contributed by atoms with van der Waals surface area (Å²) in [4.78, 5) is 12.6. The molecule has 0 radical (unpaired) electrons. The van der Waals surface area contributed by atoms with Gasteiger partial charge in [0.05, 0.1) is 5.69 Å². The highest BCUT2D eigenvalue weighted by Crippen LogP contribution is 2.18. The quantitative estimate of drug-likeness (QED) is 0.703. The van der Waals surface area contributed by atoms with Crippen molar-refractivity contribution in [2.24, 2.45) is 0 Å². The molecule has 3 nitrogen and oxygen atoms in total. The molecule has 0 saturated carbocycles. The Morgan fingerprint density at radius 3 is 1.88 bits per heavy atom. The Balaban J connectivity index is 1.78. The third-order valence-corrected chi connectivity index (χ3v) is 4.34. The van der Waals surface area contributed by atoms with Crippen LogP contribution in [0.25, 0.3) is 0 Å². The minimum Gasteiger partial charge on any atom is -0.326 e. The van der Waals surface area contributed by atoms with E-state index in [0.717, 1.165) is 11.1 Å². The van der Waals surface area contributed by atoms with Gasteiger partial charge in [0.1, 0.15) is 11.9 Å². The molecule has 0 fully saturated rings. The van der Waals surface area contributed by atoms with Crippen molar-refractivity contribution in [2.75, 3.05) is 5.32 Å². The van der Waals surface area contributed by atoms with Gasteiger partial charge in [-0.15, -0.1) is 0 Å². The second-order valence-corrected chi connectivity index (χ2v) is 6.25. The molecule has 1 atom stereocenters. The molecule has 3 rings (SSSR count). The monoisotopic (exact) mass is 349 g/mol. The Bertz CT molecular complexity index is 813. The molecule has 0 aliphatic rings. The maximum atomic E-state index is 13.8. The van der Waals surface area contributed by atoms with Crippen molar-refractivity contribution in [2.45, 2.75) is 19.0 Å². The predicted octanol–water partition coefficient (Wildman–Crippen LogP) is 3.51. The number of para-hydroxylation sites is 1. The van der Waals surface area contributed by atoms with Crippen molar-refractivity contribution < 1.29 is 14.5 Å². The summed E-state index contributed by atoms with van der Waals surface area (Å²) in [7, 11) is 0. The fourth-order valence-corrected chi connectivity index (χ4v) is 2.92. The molecular weight excluding hydrogens is 327 g/mol. The molecule has 26 heavy (non-hydrogen) atoms. The van der Waals surface area contributed by atoms with Gasteiger partial charge in [-0.05, 0) is 19.1 Å². The van der Waals surface area contributed by atoms with Crippen molar-refractivity contribution in [3.05, 3.63) is 102 Å². The maximum Gasteiger partial charge on any atom is 0.282 e. The van der Waals surface area contributed by atoms with E-state index in [1.807, 2.05) is 48.6 Å². The van der Waals surface area contributed by atoms with Gasteiger partial charge in [-0.2, -0.15) is 0 Å². The third-order valence-electron chi connectivity index (χ3n) is 4.34. The highest BCUT2D eigenvalue weighted by Gasteiger charge is 2.25. The summed E-state index contributed by atoms with van der Waals surface area (Å²) in [5, 5.41) is 4.67. The molecule has 3 aromatic carbocycles. The van der Waals surface area contributed by atoms with E-state index >= 15 is 0 Å². The number of benzene rings is 3. The number of anilines is 1. The minimum absolute atomic E-state index is 0.0150. The van der Waals surface area contributed by atoms with Crippen LogP contribution in [0.3, 0.4) is 0 Å². The standard InChI is InChI=1S/C22H21FN2O/c1-16(22(26)25-20-15-9-8-14-19(20)23)24-21(17-10-4-2-5-11-17)18-12-6-3-7-13-18/h2-16,21,24H,1H3,(H,25,26)/p+1/t16-/m1/s1. The van der Waals surface area contributed by atoms with E-state index in [9.17, 15) is 9.18 Å². The molecule has 3 N–H and O–H groups in total. The van der Waals surface area contributed by atoms with Crippen molar-refractivity contribution in [3.8, 4) is 0 Å². The molecule has 132 valence electrons. The normalized spacial score (nSPS) is 12.0. The van der Waals surface area contributed by atoms with Crippen LogP contribution in [0.2, 0.25) is 0 Å². The van der Waals surface area contributed by atoms with Gasteiger partial charge in [-0.3, -0.25) is 4.79 Å². The fourth-order valence-electron chi connectivity index (χ4n) is 2.92. The maximum absolute atomic E-state index is 13.8. The Labute approximate surface area is 152 Å². The lowest BCUT2D eigenvalue weighted by atomic mass is 9.98. The zero-order valence-corrected chi connectivity index (χ0v) is 14.6. The summed E-state index contributed by atoms with van der Waals surface area (Å²) in [5.74, 6) is -0.664. The van der Waals surface area contributed by atoms with Crippen molar-refractivity contribution in [3.63, 3.8) is 0 Å². The first-order valence-electron chi connectivity index (χ1n) is 8.65. The van der Waals surface area contributed by atoms with Gasteiger partial charge < -0.3 is 10.6 Å². The number of rotatable bonds is 6. The molecule has 0 heterocycles. The predicted molar refractivity (Wildman–Crippen MR) is 101 cm³/mol. The number of quaternary nitrogens is 1. The first-order chi connectivity index (χ1) is 12.6.